The second-order valence-corrected chi connectivity index (χ2v) is 5.94. The van der Waals surface area contributed by atoms with Gasteiger partial charge in [-0.1, -0.05) is 12.8 Å². The second-order valence-electron chi connectivity index (χ2n) is 5.94. The van der Waals surface area contributed by atoms with Crippen LogP contribution in [0.1, 0.15) is 46.5 Å². The molecule has 1 rings (SSSR count). The molecule has 4 nitrogen and oxygen atoms in total. The lowest BCUT2D eigenvalue weighted by Crippen LogP contribution is -2.46. The molecule has 102 valence electrons. The van der Waals surface area contributed by atoms with Gasteiger partial charge in [0.1, 0.15) is 0 Å². The molecule has 1 aliphatic carbocycles. The molecule has 1 fully saturated rings. The van der Waals surface area contributed by atoms with Crippen molar-refractivity contribution >= 4 is 0 Å². The number of hydrogen-bond acceptors (Lipinski definition) is 4. The highest BCUT2D eigenvalue weighted by Crippen LogP contribution is 2.18. The molecular weight excluding hydrogens is 218 g/mol. The Kier molecular flexibility index (Phi) is 5.86. The molecule has 0 spiro atoms. The Morgan fingerprint density at radius 1 is 1.29 bits per heavy atom. The van der Waals surface area contributed by atoms with E-state index in [2.05, 4.69) is 5.32 Å². The van der Waals surface area contributed by atoms with Crippen LogP contribution in [0.25, 0.3) is 0 Å². The Labute approximate surface area is 104 Å². The van der Waals surface area contributed by atoms with Gasteiger partial charge in [0.15, 0.2) is 0 Å². The minimum absolute atomic E-state index is 0.132. The summed E-state index contributed by atoms with van der Waals surface area (Å²) in [5, 5.41) is 22.8. The van der Waals surface area contributed by atoms with E-state index in [9.17, 15) is 10.2 Å². The molecule has 4 heteroatoms. The van der Waals surface area contributed by atoms with E-state index in [1.807, 2.05) is 20.8 Å². The van der Waals surface area contributed by atoms with Crippen LogP contribution in [0.3, 0.4) is 0 Å². The normalized spacial score (nSPS) is 28.1. The molecule has 1 aliphatic rings. The third-order valence-corrected chi connectivity index (χ3v) is 3.05. The lowest BCUT2D eigenvalue weighted by molar-refractivity contribution is -0.0497. The number of aliphatic hydroxyl groups is 2. The van der Waals surface area contributed by atoms with E-state index in [1.54, 1.807) is 0 Å². The van der Waals surface area contributed by atoms with Crippen molar-refractivity contribution in [3.05, 3.63) is 0 Å². The van der Waals surface area contributed by atoms with Gasteiger partial charge in [-0.05, 0) is 33.6 Å². The topological polar surface area (TPSA) is 61.7 Å². The van der Waals surface area contributed by atoms with E-state index >= 15 is 0 Å². The SMILES string of the molecule is CC(C)(C)OCC(O)CNC1CCCCC1O. The summed E-state index contributed by atoms with van der Waals surface area (Å²) in [6.45, 7) is 6.73. The highest BCUT2D eigenvalue weighted by Gasteiger charge is 2.23. The van der Waals surface area contributed by atoms with Gasteiger partial charge in [0.05, 0.1) is 24.4 Å². The minimum Gasteiger partial charge on any atom is -0.392 e. The second kappa shape index (κ2) is 6.69. The molecular formula is C13H27NO3. The fourth-order valence-electron chi connectivity index (χ4n) is 2.04. The molecule has 0 bridgehead atoms. The number of rotatable bonds is 5. The summed E-state index contributed by atoms with van der Waals surface area (Å²) in [7, 11) is 0. The Balaban J connectivity index is 2.16. The van der Waals surface area contributed by atoms with E-state index in [-0.39, 0.29) is 17.7 Å². The standard InChI is InChI=1S/C13H27NO3/c1-13(2,3)17-9-10(15)8-14-11-6-4-5-7-12(11)16/h10-12,14-16H,4-9H2,1-3H3. The van der Waals surface area contributed by atoms with Crippen LogP contribution in [0, 0.1) is 0 Å². The first-order valence-electron chi connectivity index (χ1n) is 6.62. The summed E-state index contributed by atoms with van der Waals surface area (Å²) in [6, 6.07) is 0.132. The van der Waals surface area contributed by atoms with Gasteiger partial charge in [-0.2, -0.15) is 0 Å². The highest BCUT2D eigenvalue weighted by molar-refractivity contribution is 4.81. The smallest absolute Gasteiger partial charge is 0.0898 e. The average Bonchev–Trinajstić information content (AvgIpc) is 2.24. The molecule has 17 heavy (non-hydrogen) atoms. The van der Waals surface area contributed by atoms with Crippen LogP contribution in [0.4, 0.5) is 0 Å². The molecule has 0 aromatic rings. The third kappa shape index (κ3) is 6.36. The van der Waals surface area contributed by atoms with Crippen molar-refractivity contribution in [2.24, 2.45) is 0 Å². The fraction of sp³-hybridized carbons (Fsp3) is 1.00. The molecule has 0 aliphatic heterocycles. The molecule has 0 saturated heterocycles. The average molecular weight is 245 g/mol. The van der Waals surface area contributed by atoms with Crippen LogP contribution in [0.2, 0.25) is 0 Å². The van der Waals surface area contributed by atoms with Gasteiger partial charge in [0, 0.05) is 12.6 Å². The van der Waals surface area contributed by atoms with Crippen LogP contribution >= 0.6 is 0 Å². The van der Waals surface area contributed by atoms with E-state index in [0.29, 0.717) is 13.2 Å². The van der Waals surface area contributed by atoms with Gasteiger partial charge in [0.25, 0.3) is 0 Å². The first kappa shape index (κ1) is 14.9. The van der Waals surface area contributed by atoms with Gasteiger partial charge < -0.3 is 20.3 Å². The summed E-state index contributed by atoms with van der Waals surface area (Å²) in [5.41, 5.74) is -0.217. The molecule has 0 aromatic carbocycles. The van der Waals surface area contributed by atoms with Crippen molar-refractivity contribution in [1.29, 1.82) is 0 Å². The largest absolute Gasteiger partial charge is 0.392 e. The minimum atomic E-state index is -0.511. The maximum atomic E-state index is 9.77. The zero-order valence-electron chi connectivity index (χ0n) is 11.3. The van der Waals surface area contributed by atoms with Crippen LogP contribution < -0.4 is 5.32 Å². The van der Waals surface area contributed by atoms with Crippen molar-refractivity contribution < 1.29 is 14.9 Å². The molecule has 0 heterocycles. The van der Waals surface area contributed by atoms with Crippen LogP contribution in [-0.2, 0) is 4.74 Å². The first-order valence-corrected chi connectivity index (χ1v) is 6.62. The van der Waals surface area contributed by atoms with Crippen LogP contribution in [0.5, 0.6) is 0 Å². The molecule has 1 saturated carbocycles. The van der Waals surface area contributed by atoms with Crippen molar-refractivity contribution in [2.45, 2.75) is 70.3 Å². The number of aliphatic hydroxyl groups excluding tert-OH is 2. The number of nitrogens with one attached hydrogen (secondary N) is 1. The lowest BCUT2D eigenvalue weighted by atomic mass is 9.92. The van der Waals surface area contributed by atoms with E-state index in [0.717, 1.165) is 25.7 Å². The predicted molar refractivity (Wildman–Crippen MR) is 68.0 cm³/mol. The highest BCUT2D eigenvalue weighted by atomic mass is 16.5. The molecule has 0 amide bonds. The summed E-state index contributed by atoms with van der Waals surface area (Å²) in [4.78, 5) is 0. The summed E-state index contributed by atoms with van der Waals surface area (Å²) >= 11 is 0. The maximum Gasteiger partial charge on any atom is 0.0898 e. The predicted octanol–water partition coefficient (Wildman–Crippen LogP) is 1.06. The van der Waals surface area contributed by atoms with Gasteiger partial charge in [-0.25, -0.2) is 0 Å². The van der Waals surface area contributed by atoms with Gasteiger partial charge in [-0.15, -0.1) is 0 Å². The van der Waals surface area contributed by atoms with Gasteiger partial charge >= 0.3 is 0 Å². The third-order valence-electron chi connectivity index (χ3n) is 3.05. The Bertz CT molecular complexity index is 215. The molecule has 0 aromatic heterocycles. The Morgan fingerprint density at radius 2 is 1.94 bits per heavy atom. The van der Waals surface area contributed by atoms with Crippen LogP contribution in [-0.4, -0.2) is 47.2 Å². The lowest BCUT2D eigenvalue weighted by Gasteiger charge is -2.29. The van der Waals surface area contributed by atoms with Gasteiger partial charge in [-0.3, -0.25) is 0 Å². The van der Waals surface area contributed by atoms with Crippen molar-refractivity contribution in [3.63, 3.8) is 0 Å². The van der Waals surface area contributed by atoms with E-state index in [4.69, 9.17) is 4.74 Å². The zero-order valence-corrected chi connectivity index (χ0v) is 11.3. The summed E-state index contributed by atoms with van der Waals surface area (Å²) in [5.74, 6) is 0. The Morgan fingerprint density at radius 3 is 2.53 bits per heavy atom. The summed E-state index contributed by atoms with van der Waals surface area (Å²) in [6.07, 6.45) is 3.35. The molecule has 0 radical (unpaired) electrons. The van der Waals surface area contributed by atoms with Gasteiger partial charge in [0.2, 0.25) is 0 Å². The molecule has 3 atom stereocenters. The van der Waals surface area contributed by atoms with E-state index < -0.39 is 6.10 Å². The monoisotopic (exact) mass is 245 g/mol. The van der Waals surface area contributed by atoms with Crippen molar-refractivity contribution in [2.75, 3.05) is 13.2 Å². The fourth-order valence-corrected chi connectivity index (χ4v) is 2.04. The number of ether oxygens (including phenoxy) is 1. The zero-order chi connectivity index (χ0) is 12.9. The first-order chi connectivity index (χ1) is 7.88. The molecule has 3 unspecified atom stereocenters. The quantitative estimate of drug-likeness (QED) is 0.677. The van der Waals surface area contributed by atoms with Crippen LogP contribution in [0.15, 0.2) is 0 Å². The molecule has 3 N–H and O–H groups in total. The van der Waals surface area contributed by atoms with Crippen molar-refractivity contribution in [3.8, 4) is 0 Å². The summed E-state index contributed by atoms with van der Waals surface area (Å²) < 4.78 is 5.51. The maximum absolute atomic E-state index is 9.77. The van der Waals surface area contributed by atoms with Crippen molar-refractivity contribution in [1.82, 2.24) is 5.32 Å². The van der Waals surface area contributed by atoms with E-state index in [1.165, 1.54) is 0 Å². The number of hydrogen-bond donors (Lipinski definition) is 3. The Hall–Kier alpha value is -0.160.